The molecule has 90 valence electrons. The third kappa shape index (κ3) is 66.9. The van der Waals surface area contributed by atoms with Gasteiger partial charge in [-0.1, -0.05) is 66.2 Å². The van der Waals surface area contributed by atoms with Crippen LogP contribution in [0, 0.1) is 13.8 Å². The Morgan fingerprint density at radius 3 is 1.07 bits per heavy atom. The molecule has 0 aromatic heterocycles. The van der Waals surface area contributed by atoms with E-state index >= 15 is 0 Å². The van der Waals surface area contributed by atoms with Gasteiger partial charge in [-0.2, -0.15) is 11.5 Å². The van der Waals surface area contributed by atoms with E-state index < -0.39 is 0 Å². The minimum atomic E-state index is 0. The fourth-order valence-corrected chi connectivity index (χ4v) is 0.612. The standard InChI is InChI=1S/C4H10S2.2C4H9.Sn/c5-3-1-2-4-6;2*1-3-4-2;/h5-6H,1-4H2;2*1,3-4H2,2H3;/q;;;+2/p-2. The first-order valence-electron chi connectivity index (χ1n) is 5.49. The van der Waals surface area contributed by atoms with Gasteiger partial charge < -0.3 is 25.3 Å². The molecule has 0 aliphatic rings. The smallest absolute Gasteiger partial charge is 0.793 e. The SMILES string of the molecule is [CH2]CCC.[CH2]CCC.[S-]CCCC[S-].[Sn+2]. The van der Waals surface area contributed by atoms with Gasteiger partial charge in [-0.25, -0.2) is 0 Å². The molecule has 0 atom stereocenters. The summed E-state index contributed by atoms with van der Waals surface area (Å²) >= 11 is 9.34. The van der Waals surface area contributed by atoms with Crippen molar-refractivity contribution in [1.82, 2.24) is 0 Å². The molecule has 0 aliphatic carbocycles. The van der Waals surface area contributed by atoms with Crippen molar-refractivity contribution in [3.63, 3.8) is 0 Å². The first-order valence-corrected chi connectivity index (χ1v) is 6.65. The van der Waals surface area contributed by atoms with Crippen molar-refractivity contribution >= 4 is 49.2 Å². The maximum absolute atomic E-state index is 4.67. The van der Waals surface area contributed by atoms with Crippen molar-refractivity contribution in [3.05, 3.63) is 13.8 Å². The average Bonchev–Trinajstić information content (AvgIpc) is 2.27. The molecular weight excluding hydrogens is 327 g/mol. The maximum atomic E-state index is 4.67. The Morgan fingerprint density at radius 2 is 1.00 bits per heavy atom. The topological polar surface area (TPSA) is 0 Å². The van der Waals surface area contributed by atoms with Crippen LogP contribution in [0.5, 0.6) is 0 Å². The summed E-state index contributed by atoms with van der Waals surface area (Å²) in [5, 5.41) is 0. The molecule has 0 bridgehead atoms. The van der Waals surface area contributed by atoms with Crippen LogP contribution in [0.15, 0.2) is 0 Å². The maximum Gasteiger partial charge on any atom is 2.00 e. The van der Waals surface area contributed by atoms with Gasteiger partial charge >= 0.3 is 23.9 Å². The largest absolute Gasteiger partial charge is 2.00 e. The van der Waals surface area contributed by atoms with Crippen LogP contribution in [0.1, 0.15) is 52.4 Å². The van der Waals surface area contributed by atoms with Crippen molar-refractivity contribution in [1.29, 1.82) is 0 Å². The Kier molecular flexibility index (Phi) is 61.1. The van der Waals surface area contributed by atoms with Crippen molar-refractivity contribution in [2.75, 3.05) is 11.5 Å². The van der Waals surface area contributed by atoms with Gasteiger partial charge in [-0.05, 0) is 0 Å². The van der Waals surface area contributed by atoms with E-state index in [2.05, 4.69) is 53.0 Å². The van der Waals surface area contributed by atoms with Gasteiger partial charge in [-0.3, -0.25) is 0 Å². The molecule has 0 amide bonds. The van der Waals surface area contributed by atoms with E-state index in [1.165, 1.54) is 12.8 Å². The van der Waals surface area contributed by atoms with Gasteiger partial charge in [0.05, 0.1) is 0 Å². The van der Waals surface area contributed by atoms with Crippen LogP contribution in [-0.4, -0.2) is 35.4 Å². The summed E-state index contributed by atoms with van der Waals surface area (Å²) in [6.07, 6.45) is 6.80. The third-order valence-electron chi connectivity index (χ3n) is 1.25. The van der Waals surface area contributed by atoms with Crippen LogP contribution in [-0.2, 0) is 25.3 Å². The van der Waals surface area contributed by atoms with E-state index in [1.54, 1.807) is 0 Å². The third-order valence-corrected chi connectivity index (χ3v) is 1.82. The van der Waals surface area contributed by atoms with Crippen LogP contribution >= 0.6 is 0 Å². The zero-order chi connectivity index (χ0) is 11.7. The number of rotatable bonds is 5. The zero-order valence-electron chi connectivity index (χ0n) is 10.4. The van der Waals surface area contributed by atoms with Crippen molar-refractivity contribution in [3.8, 4) is 0 Å². The Bertz CT molecular complexity index is 49.6. The van der Waals surface area contributed by atoms with E-state index in [0.29, 0.717) is 0 Å². The molecule has 0 rings (SSSR count). The molecule has 0 fully saturated rings. The molecule has 15 heavy (non-hydrogen) atoms. The Labute approximate surface area is 126 Å². The Morgan fingerprint density at radius 1 is 0.800 bits per heavy atom. The first-order chi connectivity index (χ1) is 6.74. The predicted molar refractivity (Wildman–Crippen MR) is 80.0 cm³/mol. The van der Waals surface area contributed by atoms with E-state index in [0.717, 1.165) is 37.2 Å². The molecule has 0 saturated heterocycles. The summed E-state index contributed by atoms with van der Waals surface area (Å²) in [5.41, 5.74) is 0. The molecule has 3 heteroatoms. The average molecular weight is 353 g/mol. The second kappa shape index (κ2) is 36.1. The summed E-state index contributed by atoms with van der Waals surface area (Å²) in [5.74, 6) is 1.74. The summed E-state index contributed by atoms with van der Waals surface area (Å²) < 4.78 is 0. The second-order valence-corrected chi connectivity index (χ2v) is 3.64. The number of unbranched alkanes of at least 4 members (excludes halogenated alkanes) is 3. The quantitative estimate of drug-likeness (QED) is 0.420. The Balaban J connectivity index is -0.0000000606. The molecule has 0 unspecified atom stereocenters. The van der Waals surface area contributed by atoms with Gasteiger partial charge in [0, 0.05) is 0 Å². The van der Waals surface area contributed by atoms with Crippen molar-refractivity contribution < 1.29 is 0 Å². The van der Waals surface area contributed by atoms with Gasteiger partial charge in [0.2, 0.25) is 0 Å². The van der Waals surface area contributed by atoms with Crippen LogP contribution in [0.3, 0.4) is 0 Å². The van der Waals surface area contributed by atoms with Gasteiger partial charge in [0.25, 0.3) is 0 Å². The molecular formula is C12H26S2Sn. The molecule has 0 aromatic carbocycles. The van der Waals surface area contributed by atoms with Gasteiger partial charge in [0.1, 0.15) is 0 Å². The fourth-order valence-electron chi connectivity index (χ4n) is 0.204. The number of hydrogen-bond acceptors (Lipinski definition) is 2. The van der Waals surface area contributed by atoms with Gasteiger partial charge in [0.15, 0.2) is 0 Å². The van der Waals surface area contributed by atoms with E-state index in [1.807, 2.05) is 0 Å². The first kappa shape index (κ1) is 25.4. The zero-order valence-corrected chi connectivity index (χ0v) is 14.9. The molecule has 0 N–H and O–H groups in total. The molecule has 0 saturated carbocycles. The van der Waals surface area contributed by atoms with Crippen LogP contribution in [0.4, 0.5) is 0 Å². The fraction of sp³-hybridized carbons (Fsp3) is 0.833. The second-order valence-electron chi connectivity index (χ2n) is 2.82. The molecule has 0 aliphatic heterocycles. The minimum absolute atomic E-state index is 0. The normalized spacial score (nSPS) is 7.60. The molecule has 4 radical (unpaired) electrons. The Hall–Kier alpha value is 1.50. The molecule has 0 nitrogen and oxygen atoms in total. The molecule has 0 aromatic rings. The van der Waals surface area contributed by atoms with Crippen molar-refractivity contribution in [2.45, 2.75) is 52.4 Å². The summed E-state index contributed by atoms with van der Waals surface area (Å²) in [6, 6.07) is 0. The monoisotopic (exact) mass is 354 g/mol. The van der Waals surface area contributed by atoms with E-state index in [9.17, 15) is 0 Å². The van der Waals surface area contributed by atoms with Crippen LogP contribution in [0.2, 0.25) is 0 Å². The summed E-state index contributed by atoms with van der Waals surface area (Å²) in [4.78, 5) is 0. The van der Waals surface area contributed by atoms with Crippen LogP contribution in [0.25, 0.3) is 0 Å². The minimum Gasteiger partial charge on any atom is -0.793 e. The summed E-state index contributed by atoms with van der Waals surface area (Å²) in [7, 11) is 0. The number of hydrogen-bond donors (Lipinski definition) is 0. The summed E-state index contributed by atoms with van der Waals surface area (Å²) in [6.45, 7) is 11.4. The van der Waals surface area contributed by atoms with Crippen molar-refractivity contribution in [2.24, 2.45) is 0 Å². The molecule has 0 spiro atoms. The van der Waals surface area contributed by atoms with Gasteiger partial charge in [-0.15, -0.1) is 0 Å². The molecule has 0 heterocycles. The van der Waals surface area contributed by atoms with E-state index in [-0.39, 0.29) is 23.9 Å². The van der Waals surface area contributed by atoms with E-state index in [4.69, 9.17) is 0 Å². The van der Waals surface area contributed by atoms with Crippen LogP contribution < -0.4 is 0 Å². The predicted octanol–water partition coefficient (Wildman–Crippen LogP) is 3.72.